The van der Waals surface area contributed by atoms with E-state index in [1.807, 2.05) is 6.92 Å². The summed E-state index contributed by atoms with van der Waals surface area (Å²) in [5, 5.41) is 7.75. The van der Waals surface area contributed by atoms with Gasteiger partial charge in [0.1, 0.15) is 17.8 Å². The lowest BCUT2D eigenvalue weighted by Crippen LogP contribution is -2.26. The number of halogens is 3. The van der Waals surface area contributed by atoms with Crippen LogP contribution in [0.15, 0.2) is 18.2 Å². The van der Waals surface area contributed by atoms with Crippen LogP contribution in [0.2, 0.25) is 0 Å². The number of carbonyl (C=O) groups excluding carboxylic acids is 1. The first-order valence-corrected chi connectivity index (χ1v) is 8.73. The molecule has 1 saturated carbocycles. The van der Waals surface area contributed by atoms with Gasteiger partial charge < -0.3 is 5.32 Å². The van der Waals surface area contributed by atoms with Crippen molar-refractivity contribution in [2.24, 2.45) is 0 Å². The molecule has 1 N–H and O–H groups in total. The summed E-state index contributed by atoms with van der Waals surface area (Å²) in [7, 11) is 0. The van der Waals surface area contributed by atoms with Crippen molar-refractivity contribution < 1.29 is 18.0 Å². The Hall–Kier alpha value is -2.15. The van der Waals surface area contributed by atoms with E-state index in [0.717, 1.165) is 18.1 Å². The van der Waals surface area contributed by atoms with Crippen molar-refractivity contribution in [3.8, 4) is 11.3 Å². The van der Waals surface area contributed by atoms with Gasteiger partial charge in [0.05, 0.1) is 17.9 Å². The number of nitrogens with zero attached hydrogens (tertiary/aromatic N) is 2. The van der Waals surface area contributed by atoms with Gasteiger partial charge in [-0.3, -0.25) is 9.48 Å². The summed E-state index contributed by atoms with van der Waals surface area (Å²) in [6.07, 6.45) is 1.05. The summed E-state index contributed by atoms with van der Waals surface area (Å²) in [6, 6.07) is 3.36. The van der Waals surface area contributed by atoms with Crippen LogP contribution in [0.5, 0.6) is 0 Å². The van der Waals surface area contributed by atoms with Crippen molar-refractivity contribution >= 4 is 5.78 Å². The fourth-order valence-corrected chi connectivity index (χ4v) is 3.50. The van der Waals surface area contributed by atoms with Gasteiger partial charge in [0.15, 0.2) is 5.78 Å². The Bertz CT molecular complexity index is 798. The Morgan fingerprint density at radius 3 is 2.54 bits per heavy atom. The molecule has 1 aliphatic rings. The Balaban J connectivity index is 1.91. The lowest BCUT2D eigenvalue weighted by Gasteiger charge is -2.10. The second-order valence-electron chi connectivity index (χ2n) is 6.93. The number of hydrogen-bond acceptors (Lipinski definition) is 3. The molecule has 0 radical (unpaired) electrons. The van der Waals surface area contributed by atoms with E-state index in [-0.39, 0.29) is 18.4 Å². The van der Waals surface area contributed by atoms with E-state index in [2.05, 4.69) is 10.4 Å². The topological polar surface area (TPSA) is 46.9 Å². The molecule has 0 spiro atoms. The van der Waals surface area contributed by atoms with Gasteiger partial charge in [-0.25, -0.2) is 13.2 Å². The van der Waals surface area contributed by atoms with Gasteiger partial charge in [-0.1, -0.05) is 0 Å². The first-order valence-electron chi connectivity index (χ1n) is 8.73. The minimum atomic E-state index is -0.769. The number of hydrogen-bond donors (Lipinski definition) is 1. The third-order valence-corrected chi connectivity index (χ3v) is 4.72. The number of ketones is 1. The van der Waals surface area contributed by atoms with Crippen LogP contribution in [0.25, 0.3) is 11.3 Å². The number of Topliss-reactive ketones (excluding diaryl/α,β-unsaturated/α-hetero) is 1. The number of benzene rings is 1. The maximum atomic E-state index is 13.7. The van der Waals surface area contributed by atoms with E-state index in [1.54, 1.807) is 0 Å². The van der Waals surface area contributed by atoms with Crippen LogP contribution in [0, 0.1) is 18.6 Å². The summed E-state index contributed by atoms with van der Waals surface area (Å²) in [5.41, 5.74) is 2.29. The lowest BCUT2D eigenvalue weighted by atomic mass is 10.1. The smallest absolute Gasteiger partial charge is 0.151 e. The average molecular weight is 365 g/mol. The van der Waals surface area contributed by atoms with Crippen LogP contribution >= 0.6 is 0 Å². The van der Waals surface area contributed by atoms with Crippen LogP contribution in [-0.2, 0) is 17.9 Å². The molecule has 4 nitrogen and oxygen atoms in total. The maximum Gasteiger partial charge on any atom is 0.151 e. The number of aromatic nitrogens is 2. The van der Waals surface area contributed by atoms with Gasteiger partial charge in [-0.05, 0) is 50.8 Å². The first-order chi connectivity index (χ1) is 12.3. The van der Waals surface area contributed by atoms with E-state index in [9.17, 15) is 18.0 Å². The van der Waals surface area contributed by atoms with Gasteiger partial charge in [0.25, 0.3) is 0 Å². The molecule has 0 amide bonds. The summed E-state index contributed by atoms with van der Waals surface area (Å²) in [6.45, 7) is 3.68. The van der Waals surface area contributed by atoms with Crippen LogP contribution in [0.3, 0.4) is 0 Å². The molecule has 7 heteroatoms. The molecule has 1 aromatic carbocycles. The van der Waals surface area contributed by atoms with Crippen molar-refractivity contribution in [2.45, 2.75) is 58.4 Å². The predicted octanol–water partition coefficient (Wildman–Crippen LogP) is 3.71. The molecule has 1 aromatic heterocycles. The highest BCUT2D eigenvalue weighted by molar-refractivity contribution is 5.76. The predicted molar refractivity (Wildman–Crippen MR) is 92.4 cm³/mol. The third kappa shape index (κ3) is 4.15. The Morgan fingerprint density at radius 1 is 1.27 bits per heavy atom. The standard InChI is InChI=1S/C19H22F3N3O/c1-11(26)10-25-19(13-5-15(21)7-16(22)6-13)12(2)18(24-25)9-23-17-4-3-14(20)8-17/h5-7,14,17,23H,3-4,8-10H2,1-2H3/t14-,17+/m1/s1. The van der Waals surface area contributed by atoms with Gasteiger partial charge >= 0.3 is 0 Å². The summed E-state index contributed by atoms with van der Waals surface area (Å²) in [4.78, 5) is 11.6. The molecule has 1 fully saturated rings. The highest BCUT2D eigenvalue weighted by Gasteiger charge is 2.25. The molecule has 3 rings (SSSR count). The van der Waals surface area contributed by atoms with Crippen molar-refractivity contribution in [3.63, 3.8) is 0 Å². The largest absolute Gasteiger partial charge is 0.308 e. The lowest BCUT2D eigenvalue weighted by molar-refractivity contribution is -0.117. The molecule has 26 heavy (non-hydrogen) atoms. The van der Waals surface area contributed by atoms with Crippen LogP contribution in [0.4, 0.5) is 13.2 Å². The Kier molecular flexibility index (Phi) is 5.46. The molecule has 140 valence electrons. The molecule has 2 aromatic rings. The number of rotatable bonds is 6. The number of carbonyl (C=O) groups is 1. The average Bonchev–Trinajstić information content (AvgIpc) is 3.07. The normalized spacial score (nSPS) is 19.9. The quantitative estimate of drug-likeness (QED) is 0.849. The molecular weight excluding hydrogens is 343 g/mol. The van der Waals surface area contributed by atoms with Crippen molar-refractivity contribution in [1.29, 1.82) is 0 Å². The molecule has 2 atom stereocenters. The molecule has 0 saturated heterocycles. The number of alkyl halides is 1. The maximum absolute atomic E-state index is 13.7. The zero-order chi connectivity index (χ0) is 18.8. The fraction of sp³-hybridized carbons (Fsp3) is 0.474. The summed E-state index contributed by atoms with van der Waals surface area (Å²) < 4.78 is 42.1. The van der Waals surface area contributed by atoms with E-state index in [4.69, 9.17) is 0 Å². The van der Waals surface area contributed by atoms with Crippen LogP contribution < -0.4 is 5.32 Å². The second-order valence-corrected chi connectivity index (χ2v) is 6.93. The summed E-state index contributed by atoms with van der Waals surface area (Å²) >= 11 is 0. The van der Waals surface area contributed by atoms with Gasteiger partial charge in [0, 0.05) is 24.2 Å². The van der Waals surface area contributed by atoms with E-state index in [0.29, 0.717) is 36.3 Å². The highest BCUT2D eigenvalue weighted by atomic mass is 19.1. The van der Waals surface area contributed by atoms with Crippen molar-refractivity contribution in [3.05, 3.63) is 41.1 Å². The molecule has 0 unspecified atom stereocenters. The second kappa shape index (κ2) is 7.61. The number of nitrogens with one attached hydrogen (secondary N) is 1. The van der Waals surface area contributed by atoms with Gasteiger partial charge in [-0.2, -0.15) is 5.10 Å². The fourth-order valence-electron chi connectivity index (χ4n) is 3.50. The van der Waals surface area contributed by atoms with E-state index in [1.165, 1.54) is 23.7 Å². The monoisotopic (exact) mass is 365 g/mol. The minimum absolute atomic E-state index is 0.0181. The Morgan fingerprint density at radius 2 is 1.96 bits per heavy atom. The van der Waals surface area contributed by atoms with E-state index < -0.39 is 17.8 Å². The van der Waals surface area contributed by atoms with Crippen LogP contribution in [-0.4, -0.2) is 27.8 Å². The molecular formula is C19H22F3N3O. The third-order valence-electron chi connectivity index (χ3n) is 4.72. The molecule has 1 aliphatic carbocycles. The molecule has 0 bridgehead atoms. The zero-order valence-corrected chi connectivity index (χ0v) is 14.9. The van der Waals surface area contributed by atoms with Crippen molar-refractivity contribution in [1.82, 2.24) is 15.1 Å². The van der Waals surface area contributed by atoms with Crippen LogP contribution in [0.1, 0.15) is 37.4 Å². The summed E-state index contributed by atoms with van der Waals surface area (Å²) in [5.74, 6) is -1.48. The van der Waals surface area contributed by atoms with Gasteiger partial charge in [-0.15, -0.1) is 0 Å². The first kappa shape index (κ1) is 18.6. The minimum Gasteiger partial charge on any atom is -0.308 e. The highest BCUT2D eigenvalue weighted by Crippen LogP contribution is 2.28. The SMILES string of the molecule is CC(=O)Cn1nc(CN[C@H]2CC[C@@H](F)C2)c(C)c1-c1cc(F)cc(F)c1. The molecule has 1 heterocycles. The Labute approximate surface area is 150 Å². The van der Waals surface area contributed by atoms with Crippen molar-refractivity contribution in [2.75, 3.05) is 0 Å². The molecule has 0 aliphatic heterocycles. The van der Waals surface area contributed by atoms with E-state index >= 15 is 0 Å². The van der Waals surface area contributed by atoms with Gasteiger partial charge in [0.2, 0.25) is 0 Å². The zero-order valence-electron chi connectivity index (χ0n) is 14.9.